The molecule has 0 aliphatic heterocycles. The van der Waals surface area contributed by atoms with Crippen molar-refractivity contribution in [1.82, 2.24) is 4.57 Å². The van der Waals surface area contributed by atoms with Gasteiger partial charge in [-0.3, -0.25) is 4.79 Å². The van der Waals surface area contributed by atoms with Gasteiger partial charge in [0.15, 0.2) is 11.5 Å². The number of ether oxygens (including phenoxy) is 3. The number of aromatic nitrogens is 1. The van der Waals surface area contributed by atoms with Crippen molar-refractivity contribution >= 4 is 62.1 Å². The Labute approximate surface area is 349 Å². The van der Waals surface area contributed by atoms with Crippen molar-refractivity contribution in [2.75, 3.05) is 13.2 Å². The van der Waals surface area contributed by atoms with E-state index in [0.29, 0.717) is 29.5 Å². The highest BCUT2D eigenvalue weighted by Gasteiger charge is 2.49. The van der Waals surface area contributed by atoms with Gasteiger partial charge in [0.25, 0.3) is 0 Å². The number of aliphatic hydroxyl groups is 4. The Morgan fingerprint density at radius 2 is 1.56 bits per heavy atom. The van der Waals surface area contributed by atoms with E-state index in [4.69, 9.17) is 13.9 Å². The Balaban J connectivity index is 1.60. The summed E-state index contributed by atoms with van der Waals surface area (Å²) in [7, 11) is 0. The zero-order valence-corrected chi connectivity index (χ0v) is 37.3. The molecular weight excluding hydrogens is 949 g/mol. The fourth-order valence-corrected chi connectivity index (χ4v) is 7.75. The number of hydrogen-bond donors (Lipinski definition) is 4. The number of aryl methyl sites for hydroxylation is 1. The first-order valence-electron chi connectivity index (χ1n) is 18.8. The number of aliphatic hydroxyl groups excluding tert-OH is 4. The van der Waals surface area contributed by atoms with Gasteiger partial charge in [-0.1, -0.05) is 78.8 Å². The van der Waals surface area contributed by atoms with E-state index in [-0.39, 0.29) is 74.3 Å². The van der Waals surface area contributed by atoms with Gasteiger partial charge in [-0.05, 0) is 84.9 Å². The molecule has 3 rings (SSSR count). The second kappa shape index (κ2) is 19.8. The normalized spacial score (nSPS) is 16.2. The quantitative estimate of drug-likeness (QED) is 0.0335. The lowest BCUT2D eigenvalue weighted by atomic mass is 9.73. The summed E-state index contributed by atoms with van der Waals surface area (Å²) in [6.45, 7) is 15.5. The molecule has 0 saturated carbocycles. The number of esters is 1. The second-order valence-corrected chi connectivity index (χ2v) is 21.5. The zero-order valence-electron chi connectivity index (χ0n) is 33.0. The van der Waals surface area contributed by atoms with Crippen molar-refractivity contribution in [3.8, 4) is 23.0 Å². The molecule has 0 aliphatic carbocycles. The Morgan fingerprint density at radius 3 is 2.15 bits per heavy atom. The summed E-state index contributed by atoms with van der Waals surface area (Å²) >= 11 is 4.59. The average Bonchev–Trinajstić information content (AvgIpc) is 3.63. The van der Waals surface area contributed by atoms with E-state index >= 15 is 0 Å². The molecule has 3 aromatic rings. The number of halogens is 5. The van der Waals surface area contributed by atoms with E-state index in [1.807, 2.05) is 34.6 Å². The first-order valence-corrected chi connectivity index (χ1v) is 21.0. The highest BCUT2D eigenvalue weighted by molar-refractivity contribution is 14.1. The highest BCUT2D eigenvalue weighted by Crippen LogP contribution is 2.47. The van der Waals surface area contributed by atoms with Gasteiger partial charge in [0.1, 0.15) is 29.7 Å². The predicted octanol–water partition coefficient (Wildman–Crippen LogP) is 9.47. The molecule has 312 valence electrons. The molecule has 1 aromatic carbocycles. The lowest BCUT2D eigenvalue weighted by Crippen LogP contribution is -2.47. The Bertz CT molecular complexity index is 1680. The van der Waals surface area contributed by atoms with E-state index in [0.717, 1.165) is 19.3 Å². The van der Waals surface area contributed by atoms with Crippen molar-refractivity contribution in [1.29, 1.82) is 0 Å². The average molecular weight is 1010 g/mol. The van der Waals surface area contributed by atoms with Crippen LogP contribution >= 0.6 is 45.2 Å². The van der Waals surface area contributed by atoms with Crippen molar-refractivity contribution in [2.24, 2.45) is 5.41 Å². The summed E-state index contributed by atoms with van der Waals surface area (Å²) in [6, 6.07) is 7.68. The van der Waals surface area contributed by atoms with E-state index in [2.05, 4.69) is 70.7 Å². The third-order valence-electron chi connectivity index (χ3n) is 9.79. The smallest absolute Gasteiger partial charge is 0.491 e. The van der Waals surface area contributed by atoms with Crippen LogP contribution in [0.15, 0.2) is 34.7 Å². The molecule has 0 bridgehead atoms. The summed E-state index contributed by atoms with van der Waals surface area (Å²) in [5.74, 6) is -0.211. The van der Waals surface area contributed by atoms with E-state index in [1.165, 1.54) is 12.1 Å². The van der Waals surface area contributed by atoms with Gasteiger partial charge in [-0.25, -0.2) is 0 Å². The molecule has 2 heterocycles. The number of fused-ring (bicyclic) bond motifs is 1. The topological polar surface area (TPSA) is 144 Å². The molecule has 0 spiro atoms. The molecule has 2 aromatic heterocycles. The third kappa shape index (κ3) is 13.6. The minimum Gasteiger partial charge on any atom is -0.491 e. The molecule has 5 unspecified atom stereocenters. The minimum absolute atomic E-state index is 0.0557. The van der Waals surface area contributed by atoms with Gasteiger partial charge in [-0.15, -0.1) is 13.2 Å². The largest absolute Gasteiger partial charge is 0.573 e. The maximum Gasteiger partial charge on any atom is 0.573 e. The van der Waals surface area contributed by atoms with Crippen LogP contribution in [0.1, 0.15) is 112 Å². The van der Waals surface area contributed by atoms with Gasteiger partial charge < -0.3 is 43.6 Å². The van der Waals surface area contributed by atoms with Crippen LogP contribution in [-0.2, 0) is 16.0 Å². The van der Waals surface area contributed by atoms with Crippen LogP contribution in [0, 0.1) is 5.41 Å². The molecule has 5 atom stereocenters. The number of carbonyl (C=O) groups is 1. The van der Waals surface area contributed by atoms with Crippen molar-refractivity contribution in [2.45, 2.75) is 150 Å². The van der Waals surface area contributed by atoms with Crippen LogP contribution < -0.4 is 9.47 Å². The molecule has 55 heavy (non-hydrogen) atoms. The number of unbranched alkanes of at least 4 members (excludes halogenated alkanes) is 2. The number of benzene rings is 1. The second-order valence-electron chi connectivity index (χ2n) is 15.9. The lowest BCUT2D eigenvalue weighted by molar-refractivity contribution is -0.274. The first-order chi connectivity index (χ1) is 25.4. The molecular formula is C40H58F3I2NO9. The van der Waals surface area contributed by atoms with Crippen molar-refractivity contribution in [3.63, 3.8) is 0 Å². The minimum atomic E-state index is -4.90. The number of nitrogens with zero attached hydrogens (tertiary/aromatic N) is 1. The van der Waals surface area contributed by atoms with Gasteiger partial charge in [-0.2, -0.15) is 0 Å². The summed E-state index contributed by atoms with van der Waals surface area (Å²) in [4.78, 5) is 13.1. The van der Waals surface area contributed by atoms with E-state index in [1.54, 1.807) is 22.8 Å². The van der Waals surface area contributed by atoms with Crippen LogP contribution in [-0.4, -0.2) is 81.8 Å². The Kier molecular flexibility index (Phi) is 17.1. The maximum absolute atomic E-state index is 13.5. The van der Waals surface area contributed by atoms with Crippen molar-refractivity contribution in [3.05, 3.63) is 36.0 Å². The maximum atomic E-state index is 13.5. The standard InChI is InChI=1S/C40H58F3I2NO9/c1-9-10-11-13-26-19-34(55-40(41,42)43)35(46(26)24(2)3)33-18-25-15-16-27(20-32(25)54-33)53-22-31(50)30(49)21-29(48)28(47)14-12-17-52-36(51)39(8,38(6,7)45)23-37(4,5)44/h15-16,18-20,24,28-31,47-50H,9-14,17,21-23H2,1-8H3. The number of alkyl halides is 5. The van der Waals surface area contributed by atoms with E-state index < -0.39 is 36.2 Å². The molecule has 0 aliphatic rings. The molecule has 0 fully saturated rings. The fourth-order valence-electron chi connectivity index (χ4n) is 6.58. The summed E-state index contributed by atoms with van der Waals surface area (Å²) in [5.41, 5.74) is 0.466. The summed E-state index contributed by atoms with van der Waals surface area (Å²) in [6.07, 6.45) is -6.40. The fraction of sp³-hybridized carbons (Fsp3) is 0.675. The predicted molar refractivity (Wildman–Crippen MR) is 223 cm³/mol. The number of rotatable bonds is 22. The van der Waals surface area contributed by atoms with Crippen LogP contribution in [0.25, 0.3) is 22.4 Å². The number of carbonyl (C=O) groups excluding carboxylic acids is 1. The summed E-state index contributed by atoms with van der Waals surface area (Å²) < 4.78 is 63.6. The highest BCUT2D eigenvalue weighted by atomic mass is 127. The molecule has 0 amide bonds. The van der Waals surface area contributed by atoms with Gasteiger partial charge in [0.2, 0.25) is 0 Å². The molecule has 0 radical (unpaired) electrons. The molecule has 10 nitrogen and oxygen atoms in total. The SMILES string of the molecule is CCCCCc1cc(OC(F)(F)F)c(-c2cc3ccc(OCC(O)C(O)CC(O)C(O)CCCOC(=O)C(C)(CC(C)(C)I)C(C)(C)I)cc3o2)n1C(C)C. The van der Waals surface area contributed by atoms with Gasteiger partial charge >= 0.3 is 12.3 Å². The summed E-state index contributed by atoms with van der Waals surface area (Å²) in [5, 5.41) is 42.9. The van der Waals surface area contributed by atoms with Crippen LogP contribution in [0.3, 0.4) is 0 Å². The van der Waals surface area contributed by atoms with Crippen LogP contribution in [0.2, 0.25) is 0 Å². The van der Waals surface area contributed by atoms with E-state index in [9.17, 15) is 38.4 Å². The Hall–Kier alpha value is -1.80. The lowest BCUT2D eigenvalue weighted by Gasteiger charge is -2.41. The van der Waals surface area contributed by atoms with Gasteiger partial charge in [0, 0.05) is 42.5 Å². The molecule has 0 saturated heterocycles. The Morgan fingerprint density at radius 1 is 0.909 bits per heavy atom. The van der Waals surface area contributed by atoms with Crippen LogP contribution in [0.5, 0.6) is 11.5 Å². The monoisotopic (exact) mass is 1010 g/mol. The molecule has 4 N–H and O–H groups in total. The van der Waals surface area contributed by atoms with Gasteiger partial charge in [0.05, 0.1) is 30.3 Å². The molecule has 15 heteroatoms. The first kappa shape index (κ1) is 47.6. The number of hydrogen-bond acceptors (Lipinski definition) is 9. The third-order valence-corrected chi connectivity index (χ3v) is 11.4. The number of furan rings is 1. The zero-order chi connectivity index (χ0) is 41.5. The van der Waals surface area contributed by atoms with Crippen LogP contribution in [0.4, 0.5) is 13.2 Å². The van der Waals surface area contributed by atoms with Crippen molar-refractivity contribution < 1.29 is 57.0 Å².